The van der Waals surface area contributed by atoms with Gasteiger partial charge in [-0.25, -0.2) is 0 Å². The van der Waals surface area contributed by atoms with Gasteiger partial charge >= 0.3 is 0 Å². The first kappa shape index (κ1) is 15.8. The van der Waals surface area contributed by atoms with Crippen molar-refractivity contribution in [1.29, 1.82) is 0 Å². The van der Waals surface area contributed by atoms with Gasteiger partial charge in [-0.2, -0.15) is 0 Å². The summed E-state index contributed by atoms with van der Waals surface area (Å²) in [5, 5.41) is 2.89. The SMILES string of the molecule is CCC(C)NC(=O)C(C)Oc1ccc(OC)cc1Br. The van der Waals surface area contributed by atoms with Gasteiger partial charge in [0.25, 0.3) is 5.91 Å². The molecule has 0 fully saturated rings. The van der Waals surface area contributed by atoms with E-state index in [1.54, 1.807) is 32.2 Å². The minimum Gasteiger partial charge on any atom is -0.497 e. The number of carbonyl (C=O) groups excluding carboxylic acids is 1. The third kappa shape index (κ3) is 4.74. The van der Waals surface area contributed by atoms with Gasteiger partial charge in [0.15, 0.2) is 6.10 Å². The highest BCUT2D eigenvalue weighted by Gasteiger charge is 2.17. The average molecular weight is 330 g/mol. The Morgan fingerprint density at radius 2 is 2.11 bits per heavy atom. The molecule has 0 aromatic heterocycles. The largest absolute Gasteiger partial charge is 0.497 e. The van der Waals surface area contributed by atoms with Gasteiger partial charge in [-0.15, -0.1) is 0 Å². The zero-order valence-electron chi connectivity index (χ0n) is 11.7. The second-order valence-corrected chi connectivity index (χ2v) is 5.23. The van der Waals surface area contributed by atoms with Crippen molar-refractivity contribution in [1.82, 2.24) is 5.32 Å². The molecule has 1 N–H and O–H groups in total. The minimum absolute atomic E-state index is 0.114. The van der Waals surface area contributed by atoms with Crippen LogP contribution in [0.4, 0.5) is 0 Å². The van der Waals surface area contributed by atoms with Crippen LogP contribution >= 0.6 is 15.9 Å². The number of nitrogens with one attached hydrogen (secondary N) is 1. The third-order valence-corrected chi connectivity index (χ3v) is 3.43. The molecule has 2 unspecified atom stereocenters. The number of methoxy groups -OCH3 is 1. The van der Waals surface area contributed by atoms with Crippen molar-refractivity contribution in [2.75, 3.05) is 7.11 Å². The van der Waals surface area contributed by atoms with Crippen molar-refractivity contribution in [3.05, 3.63) is 22.7 Å². The molecule has 1 aromatic rings. The van der Waals surface area contributed by atoms with E-state index >= 15 is 0 Å². The van der Waals surface area contributed by atoms with Gasteiger partial charge in [-0.05, 0) is 54.4 Å². The molecule has 0 spiro atoms. The normalized spacial score (nSPS) is 13.5. The van der Waals surface area contributed by atoms with Crippen LogP contribution in [0.2, 0.25) is 0 Å². The Labute approximate surface area is 122 Å². The zero-order chi connectivity index (χ0) is 14.4. The maximum Gasteiger partial charge on any atom is 0.260 e. The van der Waals surface area contributed by atoms with E-state index in [0.717, 1.165) is 16.6 Å². The highest BCUT2D eigenvalue weighted by Crippen LogP contribution is 2.29. The van der Waals surface area contributed by atoms with Crippen molar-refractivity contribution >= 4 is 21.8 Å². The van der Waals surface area contributed by atoms with E-state index in [-0.39, 0.29) is 11.9 Å². The lowest BCUT2D eigenvalue weighted by atomic mass is 10.2. The summed E-state index contributed by atoms with van der Waals surface area (Å²) < 4.78 is 11.5. The molecule has 0 radical (unpaired) electrons. The Morgan fingerprint density at radius 3 is 2.63 bits per heavy atom. The molecule has 0 saturated heterocycles. The first-order chi connectivity index (χ1) is 8.97. The van der Waals surface area contributed by atoms with Crippen LogP contribution in [0.15, 0.2) is 22.7 Å². The molecule has 1 aromatic carbocycles. The van der Waals surface area contributed by atoms with E-state index in [4.69, 9.17) is 9.47 Å². The predicted octanol–water partition coefficient (Wildman–Crippen LogP) is 3.14. The van der Waals surface area contributed by atoms with E-state index in [2.05, 4.69) is 21.2 Å². The third-order valence-electron chi connectivity index (χ3n) is 2.81. The molecule has 2 atom stereocenters. The fourth-order valence-corrected chi connectivity index (χ4v) is 1.86. The van der Waals surface area contributed by atoms with Crippen LogP contribution in [-0.2, 0) is 4.79 Å². The van der Waals surface area contributed by atoms with E-state index in [1.807, 2.05) is 13.8 Å². The lowest BCUT2D eigenvalue weighted by molar-refractivity contribution is -0.127. The summed E-state index contributed by atoms with van der Waals surface area (Å²) in [7, 11) is 1.60. The first-order valence-electron chi connectivity index (χ1n) is 6.28. The van der Waals surface area contributed by atoms with E-state index < -0.39 is 6.10 Å². The summed E-state index contributed by atoms with van der Waals surface area (Å²) >= 11 is 3.39. The van der Waals surface area contributed by atoms with Gasteiger partial charge in [0, 0.05) is 6.04 Å². The van der Waals surface area contributed by atoms with E-state index in [9.17, 15) is 4.79 Å². The van der Waals surface area contributed by atoms with Gasteiger partial charge in [0.2, 0.25) is 0 Å². The Hall–Kier alpha value is -1.23. The summed E-state index contributed by atoms with van der Waals surface area (Å²) in [4.78, 5) is 11.9. The molecular formula is C14H20BrNO3. The first-order valence-corrected chi connectivity index (χ1v) is 7.07. The number of benzene rings is 1. The van der Waals surface area contributed by atoms with Gasteiger partial charge in [0.05, 0.1) is 11.6 Å². The molecule has 0 heterocycles. The summed E-state index contributed by atoms with van der Waals surface area (Å²) in [5.74, 6) is 1.24. The van der Waals surface area contributed by atoms with Crippen LogP contribution in [0.1, 0.15) is 27.2 Å². The minimum atomic E-state index is -0.543. The molecule has 1 rings (SSSR count). The number of hydrogen-bond acceptors (Lipinski definition) is 3. The summed E-state index contributed by atoms with van der Waals surface area (Å²) in [5.41, 5.74) is 0. The number of carbonyl (C=O) groups is 1. The molecule has 106 valence electrons. The van der Waals surface area contributed by atoms with Gasteiger partial charge in [-0.3, -0.25) is 4.79 Å². The quantitative estimate of drug-likeness (QED) is 0.872. The second kappa shape index (κ2) is 7.38. The summed E-state index contributed by atoms with van der Waals surface area (Å²) in [6.07, 6.45) is 0.351. The Morgan fingerprint density at radius 1 is 1.42 bits per heavy atom. The predicted molar refractivity (Wildman–Crippen MR) is 78.7 cm³/mol. The Balaban J connectivity index is 2.66. The molecule has 19 heavy (non-hydrogen) atoms. The van der Waals surface area contributed by atoms with Crippen molar-refractivity contribution in [2.24, 2.45) is 0 Å². The standard InChI is InChI=1S/C14H20BrNO3/c1-5-9(2)16-14(17)10(3)19-13-7-6-11(18-4)8-12(13)15/h6-10H,5H2,1-4H3,(H,16,17). The van der Waals surface area contributed by atoms with Crippen LogP contribution in [0.3, 0.4) is 0 Å². The topological polar surface area (TPSA) is 47.6 Å². The number of amides is 1. The molecule has 0 aliphatic carbocycles. The molecular weight excluding hydrogens is 310 g/mol. The van der Waals surface area contributed by atoms with Crippen molar-refractivity contribution in [3.63, 3.8) is 0 Å². The number of halogens is 1. The second-order valence-electron chi connectivity index (χ2n) is 4.37. The lowest BCUT2D eigenvalue weighted by Gasteiger charge is -2.18. The fourth-order valence-electron chi connectivity index (χ4n) is 1.41. The monoisotopic (exact) mass is 329 g/mol. The van der Waals surface area contributed by atoms with Crippen molar-refractivity contribution < 1.29 is 14.3 Å². The van der Waals surface area contributed by atoms with Crippen LogP contribution < -0.4 is 14.8 Å². The molecule has 1 amide bonds. The van der Waals surface area contributed by atoms with Crippen LogP contribution in [-0.4, -0.2) is 25.2 Å². The highest BCUT2D eigenvalue weighted by atomic mass is 79.9. The van der Waals surface area contributed by atoms with Crippen molar-refractivity contribution in [3.8, 4) is 11.5 Å². The Kier molecular flexibility index (Phi) is 6.15. The van der Waals surface area contributed by atoms with Crippen LogP contribution in [0.25, 0.3) is 0 Å². The maximum absolute atomic E-state index is 11.9. The molecule has 0 saturated carbocycles. The highest BCUT2D eigenvalue weighted by molar-refractivity contribution is 9.10. The number of hydrogen-bond donors (Lipinski definition) is 1. The van der Waals surface area contributed by atoms with Gasteiger partial charge in [0.1, 0.15) is 11.5 Å². The van der Waals surface area contributed by atoms with E-state index in [1.165, 1.54) is 0 Å². The fraction of sp³-hybridized carbons (Fsp3) is 0.500. The van der Waals surface area contributed by atoms with E-state index in [0.29, 0.717) is 5.75 Å². The molecule has 4 nitrogen and oxygen atoms in total. The van der Waals surface area contributed by atoms with Crippen LogP contribution in [0, 0.1) is 0 Å². The molecule has 5 heteroatoms. The zero-order valence-corrected chi connectivity index (χ0v) is 13.3. The summed E-state index contributed by atoms with van der Waals surface area (Å²) in [6, 6.07) is 5.52. The van der Waals surface area contributed by atoms with Crippen molar-refractivity contribution in [2.45, 2.75) is 39.3 Å². The lowest BCUT2D eigenvalue weighted by Crippen LogP contribution is -2.41. The molecule has 0 aliphatic rings. The van der Waals surface area contributed by atoms with Crippen LogP contribution in [0.5, 0.6) is 11.5 Å². The Bertz CT molecular complexity index is 437. The molecule has 0 aliphatic heterocycles. The number of rotatable bonds is 6. The van der Waals surface area contributed by atoms with Gasteiger partial charge in [-0.1, -0.05) is 6.92 Å². The smallest absolute Gasteiger partial charge is 0.260 e. The average Bonchev–Trinajstić information content (AvgIpc) is 2.40. The number of ether oxygens (including phenoxy) is 2. The summed E-state index contributed by atoms with van der Waals surface area (Å²) in [6.45, 7) is 5.72. The molecule has 0 bridgehead atoms. The van der Waals surface area contributed by atoms with Gasteiger partial charge < -0.3 is 14.8 Å². The maximum atomic E-state index is 11.9.